The van der Waals surface area contributed by atoms with Gasteiger partial charge < -0.3 is 19.8 Å². The maximum atomic E-state index is 13.8. The fourth-order valence-electron chi connectivity index (χ4n) is 6.46. The Bertz CT molecular complexity index is 1390. The molecule has 1 aliphatic heterocycles. The Morgan fingerprint density at radius 3 is 1.89 bits per heavy atom. The van der Waals surface area contributed by atoms with Crippen molar-refractivity contribution in [3.63, 3.8) is 0 Å². The Labute approximate surface area is 261 Å². The van der Waals surface area contributed by atoms with Crippen LogP contribution in [0.3, 0.4) is 0 Å². The molecule has 46 heavy (non-hydrogen) atoms. The molecule has 4 rings (SSSR count). The Balaban J connectivity index is 1.58. The number of rotatable bonds is 6. The monoisotopic (exact) mass is 660 g/mol. The molecule has 8 nitrogen and oxygen atoms in total. The van der Waals surface area contributed by atoms with Crippen molar-refractivity contribution in [1.82, 2.24) is 14.7 Å². The first kappa shape index (κ1) is 34.8. The first-order valence-corrected chi connectivity index (χ1v) is 14.8. The molecule has 0 spiro atoms. The van der Waals surface area contributed by atoms with E-state index in [1.807, 2.05) is 0 Å². The van der Waals surface area contributed by atoms with E-state index in [9.17, 15) is 50.2 Å². The zero-order valence-electron chi connectivity index (χ0n) is 25.4. The van der Waals surface area contributed by atoms with E-state index in [0.29, 0.717) is 54.8 Å². The molecule has 0 bridgehead atoms. The van der Waals surface area contributed by atoms with Crippen LogP contribution in [0.4, 0.5) is 46.0 Å². The van der Waals surface area contributed by atoms with Gasteiger partial charge in [-0.15, -0.1) is 0 Å². The van der Waals surface area contributed by atoms with Crippen LogP contribution in [-0.2, 0) is 17.1 Å². The summed E-state index contributed by atoms with van der Waals surface area (Å²) in [6.45, 7) is 2.21. The molecule has 1 saturated heterocycles. The van der Waals surface area contributed by atoms with E-state index in [0.717, 1.165) is 7.05 Å². The van der Waals surface area contributed by atoms with Crippen molar-refractivity contribution >= 4 is 23.7 Å². The van der Waals surface area contributed by atoms with Crippen molar-refractivity contribution in [2.75, 3.05) is 38.6 Å². The molecule has 0 radical (unpaired) electrons. The van der Waals surface area contributed by atoms with Crippen molar-refractivity contribution in [3.8, 4) is 0 Å². The molecule has 4 amide bonds. The molecule has 2 atom stereocenters. The second-order valence-electron chi connectivity index (χ2n) is 11.8. The van der Waals surface area contributed by atoms with Crippen LogP contribution in [0.15, 0.2) is 42.5 Å². The van der Waals surface area contributed by atoms with Crippen LogP contribution in [0.1, 0.15) is 55.2 Å². The molecule has 1 heterocycles. The van der Waals surface area contributed by atoms with Gasteiger partial charge in [-0.1, -0.05) is 12.1 Å². The van der Waals surface area contributed by atoms with Gasteiger partial charge in [-0.3, -0.25) is 9.69 Å². The molecule has 1 aliphatic carbocycles. The molecule has 2 aromatic carbocycles. The predicted molar refractivity (Wildman–Crippen MR) is 154 cm³/mol. The van der Waals surface area contributed by atoms with E-state index in [1.165, 1.54) is 41.1 Å². The van der Waals surface area contributed by atoms with Gasteiger partial charge in [0.2, 0.25) is 5.91 Å². The smallest absolute Gasteiger partial charge is 0.416 e. The maximum Gasteiger partial charge on any atom is 0.416 e. The summed E-state index contributed by atoms with van der Waals surface area (Å²) >= 11 is 0. The molecular weight excluding hydrogens is 625 g/mol. The van der Waals surface area contributed by atoms with Crippen molar-refractivity contribution in [1.29, 1.82) is 0 Å². The van der Waals surface area contributed by atoms with Crippen LogP contribution < -0.4 is 4.90 Å². The lowest BCUT2D eigenvalue weighted by molar-refractivity contribution is -0.143. The largest absolute Gasteiger partial charge is 0.465 e. The van der Waals surface area contributed by atoms with Gasteiger partial charge >= 0.3 is 24.5 Å². The third-order valence-corrected chi connectivity index (χ3v) is 9.02. The molecule has 2 aromatic rings. The van der Waals surface area contributed by atoms with Gasteiger partial charge in [-0.05, 0) is 68.5 Å². The topological polar surface area (TPSA) is 84.4 Å². The van der Waals surface area contributed by atoms with Gasteiger partial charge in [0.1, 0.15) is 5.82 Å². The highest BCUT2D eigenvalue weighted by Gasteiger charge is 2.44. The van der Waals surface area contributed by atoms with Gasteiger partial charge in [0.15, 0.2) is 0 Å². The summed E-state index contributed by atoms with van der Waals surface area (Å²) in [5, 5.41) is 9.46. The number of urea groups is 1. The number of carboxylic acid groups (broad SMARTS) is 1. The SMILES string of the molecule is CCN(C(=O)O)C1CCC(C(=O)N2C[C@@H](N(C)C(=O)N(C)c3cc(C(F)(F)F)cc(C(F)(F)F)c3)[C@H](c3ccc(F)cc3)C2)CC1. The van der Waals surface area contributed by atoms with Crippen LogP contribution in [-0.4, -0.2) is 83.7 Å². The highest BCUT2D eigenvalue weighted by Crippen LogP contribution is 2.39. The lowest BCUT2D eigenvalue weighted by Gasteiger charge is -2.35. The molecular formula is C31H35F7N4O4. The minimum atomic E-state index is -5.10. The molecule has 0 unspecified atom stereocenters. The van der Waals surface area contributed by atoms with Crippen LogP contribution >= 0.6 is 0 Å². The summed E-state index contributed by atoms with van der Waals surface area (Å²) in [5.74, 6) is -1.66. The second-order valence-corrected chi connectivity index (χ2v) is 11.8. The fraction of sp³-hybridized carbons (Fsp3) is 0.516. The molecule has 252 valence electrons. The summed E-state index contributed by atoms with van der Waals surface area (Å²) in [4.78, 5) is 43.6. The van der Waals surface area contributed by atoms with Crippen LogP contribution in [0, 0.1) is 11.7 Å². The number of hydrogen-bond acceptors (Lipinski definition) is 3. The Morgan fingerprint density at radius 1 is 0.870 bits per heavy atom. The van der Waals surface area contributed by atoms with E-state index in [1.54, 1.807) is 11.8 Å². The van der Waals surface area contributed by atoms with Gasteiger partial charge in [-0.25, -0.2) is 14.0 Å². The normalized spacial score (nSPS) is 22.0. The molecule has 0 aromatic heterocycles. The average Bonchev–Trinajstić information content (AvgIpc) is 3.45. The second kappa shape index (κ2) is 13.4. The van der Waals surface area contributed by atoms with E-state index in [4.69, 9.17) is 0 Å². The third-order valence-electron chi connectivity index (χ3n) is 9.02. The number of benzene rings is 2. The fourth-order valence-corrected chi connectivity index (χ4v) is 6.46. The average molecular weight is 661 g/mol. The van der Waals surface area contributed by atoms with Gasteiger partial charge in [0.05, 0.1) is 17.2 Å². The number of hydrogen-bond donors (Lipinski definition) is 1. The lowest BCUT2D eigenvalue weighted by Crippen LogP contribution is -2.48. The number of anilines is 1. The number of carbonyl (C=O) groups is 3. The predicted octanol–water partition coefficient (Wildman–Crippen LogP) is 6.90. The van der Waals surface area contributed by atoms with E-state index in [2.05, 4.69) is 0 Å². The van der Waals surface area contributed by atoms with Crippen LogP contribution in [0.5, 0.6) is 0 Å². The summed E-state index contributed by atoms with van der Waals surface area (Å²) in [7, 11) is 2.41. The summed E-state index contributed by atoms with van der Waals surface area (Å²) in [6, 6.07) is 4.47. The minimum Gasteiger partial charge on any atom is -0.465 e. The van der Waals surface area contributed by atoms with Gasteiger partial charge in [-0.2, -0.15) is 26.3 Å². The Kier molecular flexibility index (Phi) is 10.1. The maximum absolute atomic E-state index is 13.8. The number of likely N-dealkylation sites (tertiary alicyclic amines) is 1. The quantitative estimate of drug-likeness (QED) is 0.342. The molecule has 2 aliphatic rings. The van der Waals surface area contributed by atoms with Gasteiger partial charge in [0.25, 0.3) is 0 Å². The molecule has 15 heteroatoms. The summed E-state index contributed by atoms with van der Waals surface area (Å²) < 4.78 is 94.7. The zero-order chi connectivity index (χ0) is 34.1. The standard InChI is InChI=1S/C31H35F7N4O4/c1-4-42(29(45)46)23-11-7-19(8-12-23)27(43)41-16-25(18-5-9-22(32)10-6-18)26(17-41)40(3)28(44)39(2)24-14-20(30(33,34)35)13-21(15-24)31(36,37)38/h5-6,9-10,13-15,19,23,25-26H,4,7-8,11-12,16-17H2,1-3H3,(H,45,46)/t19?,23?,25-,26+/m0/s1. The number of alkyl halides is 6. The highest BCUT2D eigenvalue weighted by atomic mass is 19.4. The van der Waals surface area contributed by atoms with Crippen molar-refractivity contribution in [2.45, 2.75) is 63.0 Å². The molecule has 2 fully saturated rings. The van der Waals surface area contributed by atoms with E-state index >= 15 is 0 Å². The minimum absolute atomic E-state index is 0.0173. The first-order valence-electron chi connectivity index (χ1n) is 14.8. The van der Waals surface area contributed by atoms with Gasteiger partial charge in [0, 0.05) is 57.3 Å². The number of amides is 4. The van der Waals surface area contributed by atoms with Crippen LogP contribution in [0.2, 0.25) is 0 Å². The number of carbonyl (C=O) groups excluding carboxylic acids is 2. The van der Waals surface area contributed by atoms with Crippen molar-refractivity contribution in [2.24, 2.45) is 5.92 Å². The number of likely N-dealkylation sites (N-methyl/N-ethyl adjacent to an activating group) is 1. The van der Waals surface area contributed by atoms with Crippen LogP contribution in [0.25, 0.3) is 0 Å². The Hall–Kier alpha value is -4.04. The highest BCUT2D eigenvalue weighted by molar-refractivity contribution is 5.92. The lowest BCUT2D eigenvalue weighted by atomic mass is 9.84. The third kappa shape index (κ3) is 7.49. The van der Waals surface area contributed by atoms with E-state index < -0.39 is 65.0 Å². The summed E-state index contributed by atoms with van der Waals surface area (Å²) in [5.41, 5.74) is -3.17. The molecule has 1 N–H and O–H groups in total. The summed E-state index contributed by atoms with van der Waals surface area (Å²) in [6.07, 6.45) is -9.35. The first-order chi connectivity index (χ1) is 21.4. The van der Waals surface area contributed by atoms with E-state index in [-0.39, 0.29) is 31.1 Å². The van der Waals surface area contributed by atoms with Crippen molar-refractivity contribution in [3.05, 3.63) is 65.0 Å². The molecule has 1 saturated carbocycles. The number of nitrogens with zero attached hydrogens (tertiary/aromatic N) is 4. The van der Waals surface area contributed by atoms with Crippen molar-refractivity contribution < 1.29 is 50.2 Å². The Morgan fingerprint density at radius 2 is 1.41 bits per heavy atom. The number of halogens is 7. The zero-order valence-corrected chi connectivity index (χ0v) is 25.4.